The lowest BCUT2D eigenvalue weighted by Gasteiger charge is -2.07. The van der Waals surface area contributed by atoms with Gasteiger partial charge in [-0.15, -0.1) is 0 Å². The monoisotopic (exact) mass is 264 g/mol. The molecule has 0 aliphatic carbocycles. The highest BCUT2D eigenvalue weighted by Crippen LogP contribution is 2.27. The van der Waals surface area contributed by atoms with E-state index in [4.69, 9.17) is 5.73 Å². The van der Waals surface area contributed by atoms with Gasteiger partial charge in [-0.05, 0) is 34.5 Å². The fourth-order valence-corrected chi connectivity index (χ4v) is 1.37. The minimum absolute atomic E-state index is 0.169. The second-order valence-corrected chi connectivity index (χ2v) is 3.43. The average Bonchev–Trinajstić information content (AvgIpc) is 2.08. The molecule has 1 heterocycles. The zero-order valence-corrected chi connectivity index (χ0v) is 8.81. The molecule has 0 aliphatic rings. The number of halogens is 3. The van der Waals surface area contributed by atoms with Gasteiger partial charge in [0.25, 0.3) is 12.3 Å². The highest BCUT2D eigenvalue weighted by atomic mass is 79.9. The molecule has 0 spiro atoms. The lowest BCUT2D eigenvalue weighted by molar-refractivity contribution is 0.0994. The summed E-state index contributed by atoms with van der Waals surface area (Å²) < 4.78 is 25.1. The number of primary amides is 1. The molecule has 0 atom stereocenters. The molecule has 0 aliphatic heterocycles. The zero-order chi connectivity index (χ0) is 10.9. The van der Waals surface area contributed by atoms with E-state index in [1.807, 2.05) is 0 Å². The van der Waals surface area contributed by atoms with E-state index in [1.165, 1.54) is 6.92 Å². The van der Waals surface area contributed by atoms with E-state index in [-0.39, 0.29) is 15.9 Å². The number of nitrogens with zero attached hydrogens (tertiary/aromatic N) is 1. The number of amides is 1. The van der Waals surface area contributed by atoms with E-state index in [2.05, 4.69) is 20.9 Å². The van der Waals surface area contributed by atoms with Gasteiger partial charge in [-0.2, -0.15) is 0 Å². The van der Waals surface area contributed by atoms with Crippen LogP contribution in [-0.4, -0.2) is 10.9 Å². The van der Waals surface area contributed by atoms with Gasteiger partial charge in [0, 0.05) is 5.56 Å². The van der Waals surface area contributed by atoms with Crippen LogP contribution in [-0.2, 0) is 0 Å². The maximum absolute atomic E-state index is 12.5. The number of carbonyl (C=O) groups excluding carboxylic acids is 1. The summed E-state index contributed by atoms with van der Waals surface area (Å²) in [5.74, 6) is -0.826. The van der Waals surface area contributed by atoms with Crippen molar-refractivity contribution >= 4 is 21.8 Å². The van der Waals surface area contributed by atoms with Crippen molar-refractivity contribution in [1.29, 1.82) is 0 Å². The predicted molar refractivity (Wildman–Crippen MR) is 50.1 cm³/mol. The molecule has 76 valence electrons. The molecule has 1 aromatic heterocycles. The second kappa shape index (κ2) is 4.00. The first-order chi connectivity index (χ1) is 6.43. The molecular weight excluding hydrogens is 258 g/mol. The first-order valence-corrected chi connectivity index (χ1v) is 4.47. The third kappa shape index (κ3) is 2.06. The number of rotatable bonds is 2. The molecule has 14 heavy (non-hydrogen) atoms. The Bertz CT molecular complexity index is 382. The summed E-state index contributed by atoms with van der Waals surface area (Å²) in [6.07, 6.45) is -2.65. The molecule has 1 aromatic rings. The van der Waals surface area contributed by atoms with Crippen LogP contribution >= 0.6 is 15.9 Å². The number of pyridine rings is 1. The summed E-state index contributed by atoms with van der Waals surface area (Å²) in [7, 11) is 0. The SMILES string of the molecule is Cc1c(C(F)F)cc(C(N)=O)nc1Br. The molecule has 2 N–H and O–H groups in total. The average molecular weight is 265 g/mol. The minimum Gasteiger partial charge on any atom is -0.364 e. The molecular formula is C8H7BrF2N2O. The van der Waals surface area contributed by atoms with Crippen LogP contribution in [0.5, 0.6) is 0 Å². The number of hydrogen-bond acceptors (Lipinski definition) is 2. The summed E-state index contributed by atoms with van der Waals surface area (Å²) in [5, 5.41) is 0. The largest absolute Gasteiger partial charge is 0.364 e. The zero-order valence-electron chi connectivity index (χ0n) is 7.22. The molecule has 0 radical (unpaired) electrons. The topological polar surface area (TPSA) is 56.0 Å². The highest BCUT2D eigenvalue weighted by Gasteiger charge is 2.16. The van der Waals surface area contributed by atoms with E-state index in [9.17, 15) is 13.6 Å². The van der Waals surface area contributed by atoms with Gasteiger partial charge in [0.2, 0.25) is 0 Å². The van der Waals surface area contributed by atoms with Crippen molar-refractivity contribution in [3.8, 4) is 0 Å². The summed E-state index contributed by atoms with van der Waals surface area (Å²) >= 11 is 2.98. The molecule has 1 amide bonds. The normalized spacial score (nSPS) is 10.6. The van der Waals surface area contributed by atoms with Gasteiger partial charge in [0.1, 0.15) is 10.3 Å². The van der Waals surface area contributed by atoms with Crippen molar-refractivity contribution in [3.63, 3.8) is 0 Å². The van der Waals surface area contributed by atoms with E-state index in [0.29, 0.717) is 5.56 Å². The molecule has 0 unspecified atom stereocenters. The Morgan fingerprint density at radius 3 is 2.64 bits per heavy atom. The van der Waals surface area contributed by atoms with E-state index < -0.39 is 12.3 Å². The van der Waals surface area contributed by atoms with Gasteiger partial charge in [-0.3, -0.25) is 4.79 Å². The van der Waals surface area contributed by atoms with Gasteiger partial charge >= 0.3 is 0 Å². The van der Waals surface area contributed by atoms with Crippen molar-refractivity contribution in [1.82, 2.24) is 4.98 Å². The quantitative estimate of drug-likeness (QED) is 0.833. The molecule has 6 heteroatoms. The maximum Gasteiger partial charge on any atom is 0.267 e. The Morgan fingerprint density at radius 2 is 2.21 bits per heavy atom. The van der Waals surface area contributed by atoms with Crippen molar-refractivity contribution in [3.05, 3.63) is 27.5 Å². The lowest BCUT2D eigenvalue weighted by atomic mass is 10.1. The summed E-state index contributed by atoms with van der Waals surface area (Å²) in [6.45, 7) is 1.49. The molecule has 0 aromatic carbocycles. The number of hydrogen-bond donors (Lipinski definition) is 1. The Morgan fingerprint density at radius 1 is 1.64 bits per heavy atom. The first-order valence-electron chi connectivity index (χ1n) is 3.68. The lowest BCUT2D eigenvalue weighted by Crippen LogP contribution is -2.14. The fourth-order valence-electron chi connectivity index (χ4n) is 0.949. The summed E-state index contributed by atoms with van der Waals surface area (Å²) in [5.41, 5.74) is 4.84. The Balaban J connectivity index is 3.35. The van der Waals surface area contributed by atoms with Crippen LogP contribution in [0.25, 0.3) is 0 Å². The first kappa shape index (κ1) is 11.0. The number of nitrogens with two attached hydrogens (primary N) is 1. The van der Waals surface area contributed by atoms with Gasteiger partial charge in [0.05, 0.1) is 0 Å². The van der Waals surface area contributed by atoms with Gasteiger partial charge in [-0.25, -0.2) is 13.8 Å². The second-order valence-electron chi connectivity index (χ2n) is 2.68. The van der Waals surface area contributed by atoms with Crippen molar-refractivity contribution < 1.29 is 13.6 Å². The van der Waals surface area contributed by atoms with Gasteiger partial charge in [0.15, 0.2) is 0 Å². The van der Waals surface area contributed by atoms with E-state index in [0.717, 1.165) is 6.07 Å². The minimum atomic E-state index is -2.65. The number of aromatic nitrogens is 1. The van der Waals surface area contributed by atoms with Gasteiger partial charge in [-0.1, -0.05) is 0 Å². The van der Waals surface area contributed by atoms with Crippen LogP contribution < -0.4 is 5.73 Å². The predicted octanol–water partition coefficient (Wildman–Crippen LogP) is 2.19. The van der Waals surface area contributed by atoms with Crippen molar-refractivity contribution in [2.45, 2.75) is 13.3 Å². The van der Waals surface area contributed by atoms with Gasteiger partial charge < -0.3 is 5.73 Å². The highest BCUT2D eigenvalue weighted by molar-refractivity contribution is 9.10. The molecule has 0 saturated heterocycles. The Hall–Kier alpha value is -1.04. The molecule has 3 nitrogen and oxygen atoms in total. The molecule has 1 rings (SSSR count). The Kier molecular flexibility index (Phi) is 3.15. The number of alkyl halides is 2. The van der Waals surface area contributed by atoms with Crippen molar-refractivity contribution in [2.24, 2.45) is 5.73 Å². The third-order valence-electron chi connectivity index (χ3n) is 1.74. The van der Waals surface area contributed by atoms with E-state index in [1.54, 1.807) is 0 Å². The molecule has 0 bridgehead atoms. The summed E-state index contributed by atoms with van der Waals surface area (Å²) in [6, 6.07) is 1.01. The van der Waals surface area contributed by atoms with Crippen LogP contribution in [0, 0.1) is 6.92 Å². The van der Waals surface area contributed by atoms with Crippen LogP contribution in [0.2, 0.25) is 0 Å². The summed E-state index contributed by atoms with van der Waals surface area (Å²) in [4.78, 5) is 14.5. The van der Waals surface area contributed by atoms with Crippen LogP contribution in [0.1, 0.15) is 28.0 Å². The van der Waals surface area contributed by atoms with E-state index >= 15 is 0 Å². The van der Waals surface area contributed by atoms with Crippen molar-refractivity contribution in [2.75, 3.05) is 0 Å². The molecule has 0 fully saturated rings. The maximum atomic E-state index is 12.5. The Labute approximate surface area is 87.4 Å². The standard InChI is InChI=1S/C8H7BrF2N2O/c1-3-4(7(10)11)2-5(8(12)14)13-6(3)9/h2,7H,1H3,(H2,12,14). The third-order valence-corrected chi connectivity index (χ3v) is 2.51. The van der Waals surface area contributed by atoms with Crippen LogP contribution in [0.4, 0.5) is 8.78 Å². The smallest absolute Gasteiger partial charge is 0.267 e. The molecule has 0 saturated carbocycles. The van der Waals surface area contributed by atoms with Crippen LogP contribution in [0.15, 0.2) is 10.7 Å². The van der Waals surface area contributed by atoms with Crippen LogP contribution in [0.3, 0.4) is 0 Å². The fraction of sp³-hybridized carbons (Fsp3) is 0.250. The number of carbonyl (C=O) groups is 1.